The average molecular weight is 1330 g/mol. The van der Waals surface area contributed by atoms with Crippen molar-refractivity contribution < 1.29 is 62.6 Å². The number of rotatable bonds is 6. The molecule has 25 heteroatoms. The SMILES string of the molecule is C=CC(C)C.C=Cc1ccccc1.C=O.C=O.C=O.C=O.C=O.C=O.C=O.C=O.C=O.C=O.C=O.CC.CC.CC(=O)N1CCCCC1.CC(C)C.CC(C)O.CCC(C)C.CCC(C)C.CCC(C)C.CCC(C)C.CN.CN.CN.N.N.N.N.N.N.N.N. The van der Waals surface area contributed by atoms with Gasteiger partial charge in [0, 0.05) is 26.1 Å². The predicted octanol–water partition coefficient (Wildman–Crippen LogP) is 15.5. The molecule has 1 amide bonds. The molecule has 0 unspecified atom stereocenters. The summed E-state index contributed by atoms with van der Waals surface area (Å²) in [5.41, 5.74) is 14.7. The molecular weight excluding hydrogens is 1160 g/mol. The average Bonchev–Trinajstić information content (AvgIpc) is 3.55. The maximum absolute atomic E-state index is 10.7. The van der Waals surface area contributed by atoms with Gasteiger partial charge in [0.1, 0.15) is 74.7 Å². The van der Waals surface area contributed by atoms with Crippen LogP contribution in [0.2, 0.25) is 0 Å². The van der Waals surface area contributed by atoms with Gasteiger partial charge >= 0.3 is 0 Å². The first kappa shape index (κ1) is 206. The quantitative estimate of drug-likeness (QED) is 0.118. The normalized spacial score (nSPS) is 6.98. The first-order chi connectivity index (χ1) is 39.1. The van der Waals surface area contributed by atoms with E-state index >= 15 is 0 Å². The summed E-state index contributed by atoms with van der Waals surface area (Å²) < 4.78 is 0. The second-order valence-electron chi connectivity index (χ2n) is 15.7. The standard InChI is InChI=1S/C8H8.C7H13NO.4C5H12.C5H10.C4H10.C3H8O.2C2H6.3CH5N.11CH2O.8H3N/c1-2-8-6-4-3-5-7-8;1-7(9)8-5-3-2-4-6-8;5*1-4-5(2)3;1-4(2)3;1-3(2)4;16*1-2;;;;;;;;/h2-7H,1H2;2-6H2,1H3;4*5H,4H2,1-3H3;4-5H,1H2,2-3H3;4H,1-3H3;3-4H,1-2H3;2*1-2H3;3*2H2,1H3;11*1H2;8*1H3. The van der Waals surface area contributed by atoms with Crippen molar-refractivity contribution in [1.29, 1.82) is 0 Å². The van der Waals surface area contributed by atoms with Crippen molar-refractivity contribution in [2.24, 2.45) is 52.7 Å². The van der Waals surface area contributed by atoms with Gasteiger partial charge < -0.3 is 129 Å². The van der Waals surface area contributed by atoms with Crippen LogP contribution in [-0.4, -0.2) is 131 Å². The second-order valence-corrected chi connectivity index (χ2v) is 15.7. The smallest absolute Gasteiger partial charge is 0.219 e. The molecular formula is C65H170N12O13. The van der Waals surface area contributed by atoms with Crippen LogP contribution >= 0.6 is 0 Å². The summed E-state index contributed by atoms with van der Waals surface area (Å²) in [6, 6.07) is 10.0. The molecule has 1 aliphatic rings. The minimum Gasteiger partial charge on any atom is -0.394 e. The number of hydrogen-bond donors (Lipinski definition) is 12. The molecule has 90 heavy (non-hydrogen) atoms. The minimum absolute atomic E-state index is 0. The lowest BCUT2D eigenvalue weighted by atomic mass is 10.1. The van der Waals surface area contributed by atoms with E-state index in [1.807, 2.05) is 150 Å². The maximum atomic E-state index is 10.7. The van der Waals surface area contributed by atoms with Crippen LogP contribution in [0.3, 0.4) is 0 Å². The van der Waals surface area contributed by atoms with Gasteiger partial charge in [0.25, 0.3) is 0 Å². The molecule has 1 aliphatic heterocycles. The first-order valence-corrected chi connectivity index (χ1v) is 27.2. The summed E-state index contributed by atoms with van der Waals surface area (Å²) in [7, 11) is 4.50. The maximum Gasteiger partial charge on any atom is 0.219 e. The van der Waals surface area contributed by atoms with Crippen LogP contribution < -0.4 is 66.4 Å². The number of hydrogen-bond acceptors (Lipinski definition) is 24. The van der Waals surface area contributed by atoms with Crippen molar-refractivity contribution in [1.82, 2.24) is 54.1 Å². The van der Waals surface area contributed by atoms with Gasteiger partial charge in [0.2, 0.25) is 5.91 Å². The molecule has 568 valence electrons. The lowest BCUT2D eigenvalue weighted by Crippen LogP contribution is -2.33. The molecule has 2 rings (SSSR count). The molecule has 0 bridgehead atoms. The van der Waals surface area contributed by atoms with E-state index in [0.717, 1.165) is 42.7 Å². The highest BCUT2D eigenvalue weighted by atomic mass is 16.3. The van der Waals surface area contributed by atoms with Crippen molar-refractivity contribution in [3.63, 3.8) is 0 Å². The van der Waals surface area contributed by atoms with E-state index in [1.165, 1.54) is 71.7 Å². The Labute approximate surface area is 560 Å². The number of allylic oxidation sites excluding steroid dienone is 1. The van der Waals surface area contributed by atoms with Gasteiger partial charge in [0.05, 0.1) is 0 Å². The van der Waals surface area contributed by atoms with Crippen LogP contribution in [0.4, 0.5) is 0 Å². The van der Waals surface area contributed by atoms with Crippen molar-refractivity contribution in [2.45, 2.75) is 217 Å². The van der Waals surface area contributed by atoms with Crippen LogP contribution in [0, 0.1) is 35.5 Å². The summed E-state index contributed by atoms with van der Waals surface area (Å²) in [5, 5.41) is 8.06. The third-order valence-corrected chi connectivity index (χ3v) is 6.57. The van der Waals surface area contributed by atoms with Crippen LogP contribution in [0.15, 0.2) is 49.6 Å². The second kappa shape index (κ2) is 349. The Morgan fingerprint density at radius 2 is 0.544 bits per heavy atom. The Kier molecular flexibility index (Phi) is 798. The van der Waals surface area contributed by atoms with E-state index in [0.29, 0.717) is 5.92 Å². The topological polar surface area (TPSA) is 586 Å². The third-order valence-electron chi connectivity index (χ3n) is 6.57. The lowest BCUT2D eigenvalue weighted by molar-refractivity contribution is -0.129. The Balaban J connectivity index is -0.0000000142. The zero-order chi connectivity index (χ0) is 73.1. The highest BCUT2D eigenvalue weighted by Crippen LogP contribution is 2.07. The summed E-state index contributed by atoms with van der Waals surface area (Å²) in [6.07, 6.45) is 12.5. The monoisotopic (exact) mass is 1330 g/mol. The van der Waals surface area contributed by atoms with E-state index in [9.17, 15) is 4.79 Å². The zero-order valence-corrected chi connectivity index (χ0v) is 64.8. The molecule has 0 spiro atoms. The highest BCUT2D eigenvalue weighted by molar-refractivity contribution is 5.73. The largest absolute Gasteiger partial charge is 0.394 e. The Bertz CT molecular complexity index is 894. The molecule has 1 fully saturated rings. The van der Waals surface area contributed by atoms with E-state index < -0.39 is 0 Å². The summed E-state index contributed by atoms with van der Waals surface area (Å²) in [5.74, 6) is 5.25. The van der Waals surface area contributed by atoms with E-state index in [-0.39, 0.29) is 61.2 Å². The fourth-order valence-electron chi connectivity index (χ4n) is 1.80. The summed E-state index contributed by atoms with van der Waals surface area (Å²) in [4.78, 5) is 101. The van der Waals surface area contributed by atoms with Crippen molar-refractivity contribution in [2.75, 3.05) is 34.2 Å². The van der Waals surface area contributed by atoms with Crippen LogP contribution in [0.1, 0.15) is 217 Å². The molecule has 0 aromatic heterocycles. The van der Waals surface area contributed by atoms with E-state index in [1.54, 1.807) is 20.8 Å². The third kappa shape index (κ3) is 794. The summed E-state index contributed by atoms with van der Waals surface area (Å²) >= 11 is 0. The number of nitrogens with zero attached hydrogens (tertiary/aromatic N) is 1. The molecule has 0 atom stereocenters. The van der Waals surface area contributed by atoms with Gasteiger partial charge in [-0.25, -0.2) is 0 Å². The number of likely N-dealkylation sites (tertiary alicyclic amines) is 1. The van der Waals surface area contributed by atoms with Gasteiger partial charge in [-0.1, -0.05) is 220 Å². The van der Waals surface area contributed by atoms with Crippen molar-refractivity contribution >= 4 is 86.7 Å². The van der Waals surface area contributed by atoms with Gasteiger partial charge in [-0.3, -0.25) is 4.79 Å². The van der Waals surface area contributed by atoms with Crippen LogP contribution in [0.25, 0.3) is 6.08 Å². The van der Waals surface area contributed by atoms with Gasteiger partial charge in [-0.05, 0) is 95.3 Å². The molecule has 1 aromatic rings. The predicted molar refractivity (Wildman–Crippen MR) is 408 cm³/mol. The number of carbonyl (C=O) groups is 12. The number of nitrogens with two attached hydrogens (primary N) is 3. The molecule has 0 aliphatic carbocycles. The van der Waals surface area contributed by atoms with Crippen molar-refractivity contribution in [3.8, 4) is 0 Å². The van der Waals surface area contributed by atoms with Crippen LogP contribution in [-0.2, 0) is 57.5 Å². The Hall–Kier alpha value is -5.94. The van der Waals surface area contributed by atoms with E-state index in [4.69, 9.17) is 57.8 Å². The van der Waals surface area contributed by atoms with Gasteiger partial charge in [-0.15, -0.1) is 6.58 Å². The lowest BCUT2D eigenvalue weighted by Gasteiger charge is -2.24. The molecule has 1 saturated heterocycles. The van der Waals surface area contributed by atoms with Crippen molar-refractivity contribution in [3.05, 3.63) is 55.1 Å². The van der Waals surface area contributed by atoms with Gasteiger partial charge in [0.15, 0.2) is 0 Å². The molecule has 25 nitrogen and oxygen atoms in total. The number of benzene rings is 1. The Morgan fingerprint density at radius 3 is 0.611 bits per heavy atom. The highest BCUT2D eigenvalue weighted by Gasteiger charge is 2.11. The number of aliphatic hydroxyl groups excluding tert-OH is 1. The summed E-state index contributed by atoms with van der Waals surface area (Å²) in [6.45, 7) is 81.5. The minimum atomic E-state index is -0.167. The Morgan fingerprint density at radius 1 is 0.411 bits per heavy atom. The molecule has 1 heterocycles. The molecule has 0 radical (unpaired) electrons. The molecule has 0 saturated carbocycles. The molecule has 1 aromatic carbocycles. The van der Waals surface area contributed by atoms with Crippen LogP contribution in [0.5, 0.6) is 0 Å². The number of aliphatic hydroxyl groups is 1. The zero-order valence-electron chi connectivity index (χ0n) is 64.8. The first-order valence-electron chi connectivity index (χ1n) is 27.2. The molecule has 31 N–H and O–H groups in total. The van der Waals surface area contributed by atoms with E-state index in [2.05, 4.69) is 148 Å². The number of amides is 1. The fourth-order valence-corrected chi connectivity index (χ4v) is 1.80. The van der Waals surface area contributed by atoms with Gasteiger partial charge in [-0.2, -0.15) is 0 Å². The number of carbonyl (C=O) groups excluding carboxylic acids is 12. The fraction of sp³-hybridized carbons (Fsp3) is 0.662. The number of piperidine rings is 1.